The maximum Gasteiger partial charge on any atom is 0.143 e. The minimum Gasteiger partial charge on any atom is -0.384 e. The Morgan fingerprint density at radius 2 is 2.11 bits per heavy atom. The van der Waals surface area contributed by atoms with Crippen LogP contribution in [0.15, 0.2) is 42.5 Å². The van der Waals surface area contributed by atoms with Gasteiger partial charge in [-0.2, -0.15) is 5.26 Å². The Bertz CT molecular complexity index is 658. The summed E-state index contributed by atoms with van der Waals surface area (Å²) < 4.78 is 13.4. The number of hydrogen-bond donors (Lipinski definition) is 1. The smallest absolute Gasteiger partial charge is 0.143 e. The summed E-state index contributed by atoms with van der Waals surface area (Å²) in [5, 5.41) is 11.9. The number of anilines is 1. The Morgan fingerprint density at radius 1 is 1.26 bits per heavy atom. The van der Waals surface area contributed by atoms with Crippen molar-refractivity contribution in [3.8, 4) is 6.07 Å². The Kier molecular flexibility index (Phi) is 2.92. The summed E-state index contributed by atoms with van der Waals surface area (Å²) in [7, 11) is 0. The molecule has 0 heterocycles. The quantitative estimate of drug-likeness (QED) is 0.908. The van der Waals surface area contributed by atoms with E-state index in [9.17, 15) is 4.39 Å². The van der Waals surface area contributed by atoms with Gasteiger partial charge in [0.25, 0.3) is 0 Å². The van der Waals surface area contributed by atoms with E-state index in [-0.39, 0.29) is 5.56 Å². The lowest BCUT2D eigenvalue weighted by Gasteiger charge is -2.30. The third-order valence-corrected chi connectivity index (χ3v) is 3.60. The van der Waals surface area contributed by atoms with Crippen molar-refractivity contribution in [2.75, 3.05) is 11.9 Å². The van der Waals surface area contributed by atoms with Crippen molar-refractivity contribution in [1.29, 1.82) is 5.26 Å². The molecule has 0 fully saturated rings. The normalized spacial score (nSPS) is 16.1. The van der Waals surface area contributed by atoms with E-state index in [2.05, 4.69) is 23.5 Å². The van der Waals surface area contributed by atoms with Crippen LogP contribution in [0.4, 0.5) is 10.1 Å². The molecule has 3 heteroatoms. The Balaban J connectivity index is 1.66. The second-order valence-corrected chi connectivity index (χ2v) is 4.79. The van der Waals surface area contributed by atoms with Crippen LogP contribution in [0.3, 0.4) is 0 Å². The van der Waals surface area contributed by atoms with Gasteiger partial charge in [-0.25, -0.2) is 4.39 Å². The maximum absolute atomic E-state index is 13.4. The summed E-state index contributed by atoms with van der Waals surface area (Å²) in [6.45, 7) is 0.794. The molecule has 2 nitrogen and oxygen atoms in total. The van der Waals surface area contributed by atoms with Gasteiger partial charge in [-0.15, -0.1) is 0 Å². The minimum absolute atomic E-state index is 0.0829. The van der Waals surface area contributed by atoms with Crippen molar-refractivity contribution in [3.63, 3.8) is 0 Å². The molecule has 2 aromatic carbocycles. The van der Waals surface area contributed by atoms with Crippen molar-refractivity contribution in [3.05, 3.63) is 65.0 Å². The molecule has 1 N–H and O–H groups in total. The highest BCUT2D eigenvalue weighted by molar-refractivity contribution is 5.49. The van der Waals surface area contributed by atoms with Gasteiger partial charge >= 0.3 is 0 Å². The Morgan fingerprint density at radius 3 is 2.84 bits per heavy atom. The topological polar surface area (TPSA) is 35.8 Å². The molecule has 0 radical (unpaired) electrons. The first kappa shape index (κ1) is 11.7. The van der Waals surface area contributed by atoms with Crippen molar-refractivity contribution in [2.24, 2.45) is 0 Å². The Labute approximate surface area is 111 Å². The number of nitriles is 1. The lowest BCUT2D eigenvalue weighted by molar-refractivity contribution is 0.621. The highest BCUT2D eigenvalue weighted by Gasteiger charge is 2.24. The number of fused-ring (bicyclic) bond motifs is 1. The van der Waals surface area contributed by atoms with Crippen LogP contribution in [0, 0.1) is 17.1 Å². The molecule has 2 aromatic rings. The van der Waals surface area contributed by atoms with Crippen LogP contribution in [0.5, 0.6) is 0 Å². The largest absolute Gasteiger partial charge is 0.384 e. The van der Waals surface area contributed by atoms with E-state index in [1.54, 1.807) is 6.07 Å². The van der Waals surface area contributed by atoms with Crippen LogP contribution in [-0.4, -0.2) is 6.54 Å². The van der Waals surface area contributed by atoms with Crippen molar-refractivity contribution in [1.82, 2.24) is 0 Å². The van der Waals surface area contributed by atoms with E-state index >= 15 is 0 Å². The molecule has 1 aliphatic carbocycles. The van der Waals surface area contributed by atoms with Gasteiger partial charge in [0.15, 0.2) is 0 Å². The van der Waals surface area contributed by atoms with E-state index in [0.717, 1.165) is 18.7 Å². The zero-order valence-electron chi connectivity index (χ0n) is 10.4. The van der Waals surface area contributed by atoms with Crippen LogP contribution in [0.25, 0.3) is 0 Å². The maximum atomic E-state index is 13.4. The van der Waals surface area contributed by atoms with Gasteiger partial charge in [0.05, 0.1) is 5.56 Å². The first-order valence-electron chi connectivity index (χ1n) is 6.29. The number of hydrogen-bond acceptors (Lipinski definition) is 2. The fourth-order valence-electron chi connectivity index (χ4n) is 2.50. The first-order valence-corrected chi connectivity index (χ1v) is 6.29. The number of halogens is 1. The second-order valence-electron chi connectivity index (χ2n) is 4.79. The number of nitrogens with zero attached hydrogens (tertiary/aromatic N) is 1. The number of rotatable bonds is 3. The van der Waals surface area contributed by atoms with E-state index in [4.69, 9.17) is 5.26 Å². The van der Waals surface area contributed by atoms with E-state index < -0.39 is 5.82 Å². The first-order chi connectivity index (χ1) is 9.28. The van der Waals surface area contributed by atoms with Crippen LogP contribution in [0.1, 0.15) is 22.6 Å². The molecule has 1 unspecified atom stereocenters. The molecule has 0 spiro atoms. The van der Waals surface area contributed by atoms with Gasteiger partial charge in [0.2, 0.25) is 0 Å². The molecule has 0 aliphatic heterocycles. The standard InChI is InChI=1S/C16H13FN2/c17-16-8-14(6-5-12(16)9-18)19-10-13-7-11-3-1-2-4-15(11)13/h1-6,8,13,19H,7,10H2. The van der Waals surface area contributed by atoms with E-state index in [0.29, 0.717) is 5.92 Å². The molecule has 94 valence electrons. The van der Waals surface area contributed by atoms with Crippen LogP contribution in [0.2, 0.25) is 0 Å². The zero-order chi connectivity index (χ0) is 13.2. The van der Waals surface area contributed by atoms with Crippen molar-refractivity contribution >= 4 is 5.69 Å². The Hall–Kier alpha value is -2.34. The van der Waals surface area contributed by atoms with Crippen LogP contribution in [-0.2, 0) is 6.42 Å². The summed E-state index contributed by atoms with van der Waals surface area (Å²) >= 11 is 0. The third kappa shape index (κ3) is 2.17. The minimum atomic E-state index is -0.471. The van der Waals surface area contributed by atoms with Gasteiger partial charge < -0.3 is 5.32 Å². The van der Waals surface area contributed by atoms with E-state index in [1.165, 1.54) is 23.3 Å². The molecular formula is C16H13FN2. The molecule has 0 saturated heterocycles. The van der Waals surface area contributed by atoms with Gasteiger partial charge in [0.1, 0.15) is 11.9 Å². The second kappa shape index (κ2) is 4.74. The molecule has 0 aromatic heterocycles. The molecule has 0 amide bonds. The van der Waals surface area contributed by atoms with Crippen LogP contribution >= 0.6 is 0 Å². The molecule has 1 aliphatic rings. The van der Waals surface area contributed by atoms with Gasteiger partial charge in [-0.05, 0) is 35.7 Å². The summed E-state index contributed by atoms with van der Waals surface area (Å²) in [5.74, 6) is 0.0245. The fraction of sp³-hybridized carbons (Fsp3) is 0.188. The summed E-state index contributed by atoms with van der Waals surface area (Å²) in [6.07, 6.45) is 1.07. The highest BCUT2D eigenvalue weighted by Crippen LogP contribution is 2.34. The van der Waals surface area contributed by atoms with Gasteiger partial charge in [0, 0.05) is 18.2 Å². The predicted octanol–water partition coefficient (Wildman–Crippen LogP) is 3.45. The van der Waals surface area contributed by atoms with E-state index in [1.807, 2.05) is 12.1 Å². The average molecular weight is 252 g/mol. The molecule has 1 atom stereocenters. The zero-order valence-corrected chi connectivity index (χ0v) is 10.4. The van der Waals surface area contributed by atoms with Gasteiger partial charge in [-0.3, -0.25) is 0 Å². The number of nitrogens with one attached hydrogen (secondary N) is 1. The average Bonchev–Trinajstić information content (AvgIpc) is 2.40. The highest BCUT2D eigenvalue weighted by atomic mass is 19.1. The lowest BCUT2D eigenvalue weighted by Crippen LogP contribution is -2.24. The van der Waals surface area contributed by atoms with Gasteiger partial charge in [-0.1, -0.05) is 24.3 Å². The van der Waals surface area contributed by atoms with Crippen molar-refractivity contribution in [2.45, 2.75) is 12.3 Å². The van der Waals surface area contributed by atoms with Crippen molar-refractivity contribution < 1.29 is 4.39 Å². The summed E-state index contributed by atoms with van der Waals surface area (Å²) in [6, 6.07) is 14.8. The lowest BCUT2D eigenvalue weighted by atomic mass is 9.77. The molecule has 3 rings (SSSR count). The fourth-order valence-corrected chi connectivity index (χ4v) is 2.50. The summed E-state index contributed by atoms with van der Waals surface area (Å²) in [5.41, 5.74) is 3.59. The number of benzene rings is 2. The molecule has 19 heavy (non-hydrogen) atoms. The third-order valence-electron chi connectivity index (χ3n) is 3.60. The van der Waals surface area contributed by atoms with Crippen LogP contribution < -0.4 is 5.32 Å². The molecule has 0 bridgehead atoms. The SMILES string of the molecule is N#Cc1ccc(NCC2Cc3ccccc32)cc1F. The predicted molar refractivity (Wildman–Crippen MR) is 72.5 cm³/mol. The summed E-state index contributed by atoms with van der Waals surface area (Å²) in [4.78, 5) is 0. The molecular weight excluding hydrogens is 239 g/mol. The monoisotopic (exact) mass is 252 g/mol. The molecule has 0 saturated carbocycles.